The number of hydrogen-bond donors (Lipinski definition) is 0. The molecular formula is C19H22N4O3. The van der Waals surface area contributed by atoms with Crippen LogP contribution < -0.4 is 19.1 Å². The molecule has 1 saturated heterocycles. The molecule has 0 bridgehead atoms. The van der Waals surface area contributed by atoms with Crippen molar-refractivity contribution in [1.29, 1.82) is 5.26 Å². The Bertz CT molecular complexity index is 791. The van der Waals surface area contributed by atoms with Crippen LogP contribution in [-0.4, -0.2) is 43.9 Å². The fraction of sp³-hybridized carbons (Fsp3) is 0.421. The number of nitriles is 1. The number of methoxy groups -OCH3 is 2. The van der Waals surface area contributed by atoms with Crippen LogP contribution in [0.15, 0.2) is 30.6 Å². The Labute approximate surface area is 153 Å². The molecular weight excluding hydrogens is 332 g/mol. The normalized spacial score (nSPS) is 16.7. The van der Waals surface area contributed by atoms with Gasteiger partial charge in [-0.3, -0.25) is 0 Å². The topological polar surface area (TPSA) is 80.5 Å². The van der Waals surface area contributed by atoms with Crippen molar-refractivity contribution >= 4 is 5.82 Å². The summed E-state index contributed by atoms with van der Waals surface area (Å²) in [5.74, 6) is 2.90. The van der Waals surface area contributed by atoms with E-state index in [1.807, 2.05) is 0 Å². The predicted octanol–water partition coefficient (Wildman–Crippen LogP) is 2.66. The molecule has 1 fully saturated rings. The molecule has 2 aromatic rings. The SMILES string of the molecule is COc1cc(C#N)ccc1OCC1CCCN(c2nccnc2OC)C1. The molecule has 0 saturated carbocycles. The fourth-order valence-electron chi connectivity index (χ4n) is 3.14. The minimum Gasteiger partial charge on any atom is -0.493 e. The van der Waals surface area contributed by atoms with Gasteiger partial charge < -0.3 is 19.1 Å². The fourth-order valence-corrected chi connectivity index (χ4v) is 3.14. The molecule has 1 atom stereocenters. The van der Waals surface area contributed by atoms with Gasteiger partial charge in [0, 0.05) is 37.5 Å². The van der Waals surface area contributed by atoms with E-state index >= 15 is 0 Å². The Hall–Kier alpha value is -3.01. The van der Waals surface area contributed by atoms with E-state index in [0.717, 1.165) is 31.7 Å². The molecule has 136 valence electrons. The third-order valence-corrected chi connectivity index (χ3v) is 4.43. The van der Waals surface area contributed by atoms with Crippen LogP contribution in [-0.2, 0) is 0 Å². The number of hydrogen-bond acceptors (Lipinski definition) is 7. The highest BCUT2D eigenvalue weighted by atomic mass is 16.5. The molecule has 1 unspecified atom stereocenters. The number of rotatable bonds is 6. The lowest BCUT2D eigenvalue weighted by molar-refractivity contribution is 0.220. The van der Waals surface area contributed by atoms with Crippen LogP contribution in [0.5, 0.6) is 17.4 Å². The van der Waals surface area contributed by atoms with Crippen molar-refractivity contribution in [3.8, 4) is 23.4 Å². The monoisotopic (exact) mass is 354 g/mol. The number of piperidine rings is 1. The zero-order chi connectivity index (χ0) is 18.4. The van der Waals surface area contributed by atoms with E-state index in [4.69, 9.17) is 19.5 Å². The highest BCUT2D eigenvalue weighted by Gasteiger charge is 2.24. The second-order valence-electron chi connectivity index (χ2n) is 6.13. The average molecular weight is 354 g/mol. The number of anilines is 1. The second-order valence-corrected chi connectivity index (χ2v) is 6.13. The zero-order valence-corrected chi connectivity index (χ0v) is 15.0. The number of aromatic nitrogens is 2. The summed E-state index contributed by atoms with van der Waals surface area (Å²) in [7, 11) is 3.18. The molecule has 0 N–H and O–H groups in total. The average Bonchev–Trinajstić information content (AvgIpc) is 2.72. The molecule has 0 aliphatic carbocycles. The van der Waals surface area contributed by atoms with Crippen molar-refractivity contribution in [1.82, 2.24) is 9.97 Å². The molecule has 2 heterocycles. The highest BCUT2D eigenvalue weighted by molar-refractivity contribution is 5.48. The Morgan fingerprint density at radius 1 is 1.19 bits per heavy atom. The number of nitrogens with zero attached hydrogens (tertiary/aromatic N) is 4. The van der Waals surface area contributed by atoms with Gasteiger partial charge in [0.15, 0.2) is 17.3 Å². The summed E-state index contributed by atoms with van der Waals surface area (Å²) in [4.78, 5) is 10.8. The van der Waals surface area contributed by atoms with Gasteiger partial charge in [0.25, 0.3) is 5.88 Å². The van der Waals surface area contributed by atoms with Gasteiger partial charge >= 0.3 is 0 Å². The molecule has 0 spiro atoms. The van der Waals surface area contributed by atoms with E-state index in [9.17, 15) is 0 Å². The standard InChI is InChI=1S/C19H22N4O3/c1-24-17-10-14(11-20)5-6-16(17)26-13-15-4-3-9-23(12-15)18-19(25-2)22-8-7-21-18/h5-8,10,15H,3-4,9,12-13H2,1-2H3. The van der Waals surface area contributed by atoms with Gasteiger partial charge in [-0.25, -0.2) is 9.97 Å². The molecule has 3 rings (SSSR count). The van der Waals surface area contributed by atoms with Crippen LogP contribution in [0.4, 0.5) is 5.82 Å². The lowest BCUT2D eigenvalue weighted by Gasteiger charge is -2.33. The van der Waals surface area contributed by atoms with E-state index in [0.29, 0.717) is 35.5 Å². The van der Waals surface area contributed by atoms with Crippen LogP contribution >= 0.6 is 0 Å². The lowest BCUT2D eigenvalue weighted by Crippen LogP contribution is -2.38. The molecule has 26 heavy (non-hydrogen) atoms. The molecule has 7 nitrogen and oxygen atoms in total. The van der Waals surface area contributed by atoms with Crippen LogP contribution in [0.25, 0.3) is 0 Å². The minimum atomic E-state index is 0.357. The Morgan fingerprint density at radius 3 is 2.81 bits per heavy atom. The van der Waals surface area contributed by atoms with E-state index < -0.39 is 0 Å². The maximum absolute atomic E-state index is 8.99. The van der Waals surface area contributed by atoms with Crippen molar-refractivity contribution in [2.45, 2.75) is 12.8 Å². The number of ether oxygens (including phenoxy) is 3. The largest absolute Gasteiger partial charge is 0.493 e. The minimum absolute atomic E-state index is 0.357. The second kappa shape index (κ2) is 8.39. The molecule has 1 aromatic carbocycles. The van der Waals surface area contributed by atoms with Crippen molar-refractivity contribution in [2.24, 2.45) is 5.92 Å². The summed E-state index contributed by atoms with van der Waals surface area (Å²) >= 11 is 0. The smallest absolute Gasteiger partial charge is 0.257 e. The first-order chi connectivity index (χ1) is 12.7. The first kappa shape index (κ1) is 17.8. The molecule has 1 aromatic heterocycles. The van der Waals surface area contributed by atoms with E-state index in [2.05, 4.69) is 20.9 Å². The summed E-state index contributed by atoms with van der Waals surface area (Å²) in [6.45, 7) is 2.32. The third kappa shape index (κ3) is 3.97. The summed E-state index contributed by atoms with van der Waals surface area (Å²) < 4.78 is 16.6. The molecule has 0 amide bonds. The molecule has 1 aliphatic heterocycles. The van der Waals surface area contributed by atoms with Gasteiger partial charge in [-0.2, -0.15) is 5.26 Å². The molecule has 0 radical (unpaired) electrons. The van der Waals surface area contributed by atoms with Gasteiger partial charge in [-0.15, -0.1) is 0 Å². The summed E-state index contributed by atoms with van der Waals surface area (Å²) in [6, 6.07) is 7.30. The Kier molecular flexibility index (Phi) is 5.74. The maximum atomic E-state index is 8.99. The third-order valence-electron chi connectivity index (χ3n) is 4.43. The summed E-state index contributed by atoms with van der Waals surface area (Å²) in [6.07, 6.45) is 5.44. The van der Waals surface area contributed by atoms with Crippen molar-refractivity contribution in [2.75, 3.05) is 38.8 Å². The van der Waals surface area contributed by atoms with Gasteiger partial charge in [-0.05, 0) is 25.0 Å². The molecule has 1 aliphatic rings. The van der Waals surface area contributed by atoms with E-state index in [1.54, 1.807) is 44.8 Å². The Morgan fingerprint density at radius 2 is 2.04 bits per heavy atom. The van der Waals surface area contributed by atoms with Crippen LogP contribution in [0.3, 0.4) is 0 Å². The van der Waals surface area contributed by atoms with Crippen molar-refractivity contribution in [3.05, 3.63) is 36.2 Å². The van der Waals surface area contributed by atoms with Crippen LogP contribution in [0, 0.1) is 17.2 Å². The van der Waals surface area contributed by atoms with Gasteiger partial charge in [0.2, 0.25) is 0 Å². The summed E-state index contributed by atoms with van der Waals surface area (Å²) in [5.41, 5.74) is 0.549. The number of benzene rings is 1. The van der Waals surface area contributed by atoms with Crippen molar-refractivity contribution in [3.63, 3.8) is 0 Å². The first-order valence-corrected chi connectivity index (χ1v) is 8.56. The maximum Gasteiger partial charge on any atom is 0.257 e. The Balaban J connectivity index is 1.65. The highest BCUT2D eigenvalue weighted by Crippen LogP contribution is 2.31. The van der Waals surface area contributed by atoms with Crippen LogP contribution in [0.1, 0.15) is 18.4 Å². The van der Waals surface area contributed by atoms with Gasteiger partial charge in [0.1, 0.15) is 0 Å². The molecule has 7 heteroatoms. The van der Waals surface area contributed by atoms with Crippen LogP contribution in [0.2, 0.25) is 0 Å². The van der Waals surface area contributed by atoms with E-state index in [-0.39, 0.29) is 0 Å². The van der Waals surface area contributed by atoms with Gasteiger partial charge in [-0.1, -0.05) is 0 Å². The van der Waals surface area contributed by atoms with Gasteiger partial charge in [0.05, 0.1) is 32.5 Å². The predicted molar refractivity (Wildman–Crippen MR) is 96.7 cm³/mol. The zero-order valence-electron chi connectivity index (χ0n) is 15.0. The first-order valence-electron chi connectivity index (χ1n) is 8.56. The lowest BCUT2D eigenvalue weighted by atomic mass is 9.99. The van der Waals surface area contributed by atoms with Crippen molar-refractivity contribution < 1.29 is 14.2 Å². The summed E-state index contributed by atoms with van der Waals surface area (Å²) in [5, 5.41) is 8.99. The van der Waals surface area contributed by atoms with E-state index in [1.165, 1.54) is 0 Å². The quantitative estimate of drug-likeness (QED) is 0.789.